The first-order valence-electron chi connectivity index (χ1n) is 6.22. The van der Waals surface area contributed by atoms with Gasteiger partial charge >= 0.3 is 10.1 Å². The zero-order valence-corrected chi connectivity index (χ0v) is 12.8. The van der Waals surface area contributed by atoms with Gasteiger partial charge in [-0.2, -0.15) is 8.42 Å². The van der Waals surface area contributed by atoms with Crippen molar-refractivity contribution in [3.05, 3.63) is 58.6 Å². The van der Waals surface area contributed by atoms with Crippen molar-refractivity contribution in [2.45, 2.75) is 25.2 Å². The second kappa shape index (κ2) is 5.85. The van der Waals surface area contributed by atoms with Gasteiger partial charge in [0.25, 0.3) is 0 Å². The Morgan fingerprint density at radius 1 is 1.10 bits per heavy atom. The Morgan fingerprint density at radius 2 is 1.75 bits per heavy atom. The molecule has 0 aromatic heterocycles. The summed E-state index contributed by atoms with van der Waals surface area (Å²) in [5.41, 5.74) is 1.84. The zero-order valence-electron chi connectivity index (χ0n) is 11.3. The Balaban J connectivity index is 2.30. The van der Waals surface area contributed by atoms with Crippen molar-refractivity contribution >= 4 is 21.7 Å². The lowest BCUT2D eigenvalue weighted by Gasteiger charge is -2.09. The number of benzene rings is 2. The molecule has 0 aliphatic rings. The molecule has 0 N–H and O–H groups in total. The summed E-state index contributed by atoms with van der Waals surface area (Å²) in [6.07, 6.45) is 0.709. The third-order valence-corrected chi connectivity index (χ3v) is 4.54. The fourth-order valence-corrected chi connectivity index (χ4v) is 2.93. The normalized spacial score (nSPS) is 11.3. The van der Waals surface area contributed by atoms with Gasteiger partial charge in [0.15, 0.2) is 0 Å². The van der Waals surface area contributed by atoms with Gasteiger partial charge in [-0.1, -0.05) is 36.2 Å². The van der Waals surface area contributed by atoms with Crippen LogP contribution in [0.4, 0.5) is 0 Å². The molecular formula is C15H15ClO3S. The minimum atomic E-state index is -3.81. The van der Waals surface area contributed by atoms with Crippen molar-refractivity contribution in [3.63, 3.8) is 0 Å². The first kappa shape index (κ1) is 14.9. The van der Waals surface area contributed by atoms with Gasteiger partial charge in [-0.3, -0.25) is 0 Å². The van der Waals surface area contributed by atoms with E-state index >= 15 is 0 Å². The standard InChI is InChI=1S/C15H15ClO3S/c1-3-12-10-13(6-9-15(12)16)19-20(17,18)14-7-4-11(2)5-8-14/h4-10H,3H2,1-2H3. The van der Waals surface area contributed by atoms with E-state index in [0.29, 0.717) is 11.4 Å². The van der Waals surface area contributed by atoms with Crippen molar-refractivity contribution in [1.29, 1.82) is 0 Å². The molecule has 0 aliphatic carbocycles. The van der Waals surface area contributed by atoms with Gasteiger partial charge in [0.2, 0.25) is 0 Å². The average molecular weight is 311 g/mol. The van der Waals surface area contributed by atoms with Crippen LogP contribution < -0.4 is 4.18 Å². The highest BCUT2D eigenvalue weighted by Gasteiger charge is 2.16. The van der Waals surface area contributed by atoms with Crippen molar-refractivity contribution in [2.24, 2.45) is 0 Å². The molecule has 0 saturated heterocycles. The minimum Gasteiger partial charge on any atom is -0.379 e. The second-order valence-corrected chi connectivity index (χ2v) is 6.41. The molecule has 0 fully saturated rings. The summed E-state index contributed by atoms with van der Waals surface area (Å²) in [5, 5.41) is 0.604. The van der Waals surface area contributed by atoms with Crippen molar-refractivity contribution < 1.29 is 12.6 Å². The summed E-state index contributed by atoms with van der Waals surface area (Å²) < 4.78 is 29.4. The van der Waals surface area contributed by atoms with Crippen LogP contribution in [0.15, 0.2) is 47.4 Å². The quantitative estimate of drug-likeness (QED) is 0.802. The first-order chi connectivity index (χ1) is 9.42. The van der Waals surface area contributed by atoms with Crippen LogP contribution in [0.5, 0.6) is 5.75 Å². The van der Waals surface area contributed by atoms with Crippen LogP contribution in [0.2, 0.25) is 5.02 Å². The summed E-state index contributed by atoms with van der Waals surface area (Å²) >= 11 is 6.00. The molecule has 0 atom stereocenters. The summed E-state index contributed by atoms with van der Waals surface area (Å²) in [5.74, 6) is 0.270. The molecular weight excluding hydrogens is 296 g/mol. The van der Waals surface area contributed by atoms with Gasteiger partial charge in [0.1, 0.15) is 10.6 Å². The Bertz CT molecular complexity index is 706. The van der Waals surface area contributed by atoms with Gasteiger partial charge < -0.3 is 4.18 Å². The van der Waals surface area contributed by atoms with E-state index in [9.17, 15) is 8.42 Å². The van der Waals surface area contributed by atoms with Gasteiger partial charge in [0, 0.05) is 5.02 Å². The molecule has 2 rings (SSSR count). The van der Waals surface area contributed by atoms with Crippen LogP contribution in [-0.2, 0) is 16.5 Å². The Kier molecular flexibility index (Phi) is 4.35. The molecule has 106 valence electrons. The van der Waals surface area contributed by atoms with Crippen molar-refractivity contribution in [1.82, 2.24) is 0 Å². The summed E-state index contributed by atoms with van der Waals surface area (Å²) in [6, 6.07) is 11.4. The maximum atomic E-state index is 12.1. The number of hydrogen-bond acceptors (Lipinski definition) is 3. The lowest BCUT2D eigenvalue weighted by Crippen LogP contribution is -2.09. The fraction of sp³-hybridized carbons (Fsp3) is 0.200. The third-order valence-electron chi connectivity index (χ3n) is 2.91. The number of hydrogen-bond donors (Lipinski definition) is 0. The lowest BCUT2D eigenvalue weighted by atomic mass is 10.2. The maximum absolute atomic E-state index is 12.1. The Hall–Kier alpha value is -1.52. The summed E-state index contributed by atoms with van der Waals surface area (Å²) in [4.78, 5) is 0.135. The van der Waals surface area contributed by atoms with E-state index in [1.54, 1.807) is 30.3 Å². The first-order valence-corrected chi connectivity index (χ1v) is 8.00. The lowest BCUT2D eigenvalue weighted by molar-refractivity contribution is 0.486. The molecule has 0 aliphatic heterocycles. The van der Waals surface area contributed by atoms with Gasteiger partial charge in [-0.25, -0.2) is 0 Å². The molecule has 0 heterocycles. The van der Waals surface area contributed by atoms with E-state index < -0.39 is 10.1 Å². The molecule has 3 nitrogen and oxygen atoms in total. The van der Waals surface area contributed by atoms with Crippen LogP contribution in [-0.4, -0.2) is 8.42 Å². The molecule has 20 heavy (non-hydrogen) atoms. The number of rotatable bonds is 4. The van der Waals surface area contributed by atoms with E-state index in [2.05, 4.69) is 0 Å². The van der Waals surface area contributed by atoms with E-state index in [0.717, 1.165) is 11.1 Å². The van der Waals surface area contributed by atoms with E-state index in [1.807, 2.05) is 13.8 Å². The highest BCUT2D eigenvalue weighted by Crippen LogP contribution is 2.25. The van der Waals surface area contributed by atoms with Crippen molar-refractivity contribution in [3.8, 4) is 5.75 Å². The van der Waals surface area contributed by atoms with Crippen LogP contribution in [0.1, 0.15) is 18.1 Å². The molecule has 0 unspecified atom stereocenters. The molecule has 2 aromatic rings. The molecule has 2 aromatic carbocycles. The van der Waals surface area contributed by atoms with Crippen LogP contribution in [0.3, 0.4) is 0 Å². The molecule has 0 amide bonds. The van der Waals surface area contributed by atoms with E-state index in [-0.39, 0.29) is 10.6 Å². The molecule has 0 saturated carbocycles. The number of aryl methyl sites for hydroxylation is 2. The predicted molar refractivity (Wildman–Crippen MR) is 79.8 cm³/mol. The monoisotopic (exact) mass is 310 g/mol. The van der Waals surface area contributed by atoms with Crippen LogP contribution in [0.25, 0.3) is 0 Å². The zero-order chi connectivity index (χ0) is 14.8. The van der Waals surface area contributed by atoms with E-state index in [4.69, 9.17) is 15.8 Å². The summed E-state index contributed by atoms with van der Waals surface area (Å²) in [7, 11) is -3.81. The molecule has 0 bridgehead atoms. The Labute approximate surface area is 124 Å². The highest BCUT2D eigenvalue weighted by molar-refractivity contribution is 7.87. The predicted octanol–water partition coefficient (Wildman–Crippen LogP) is 3.98. The Morgan fingerprint density at radius 3 is 2.35 bits per heavy atom. The largest absolute Gasteiger partial charge is 0.379 e. The van der Waals surface area contributed by atoms with Gasteiger partial charge in [-0.15, -0.1) is 0 Å². The fourth-order valence-electron chi connectivity index (χ4n) is 1.75. The van der Waals surface area contributed by atoms with Crippen molar-refractivity contribution in [2.75, 3.05) is 0 Å². The third kappa shape index (κ3) is 3.32. The van der Waals surface area contributed by atoms with Gasteiger partial charge in [-0.05, 0) is 49.2 Å². The highest BCUT2D eigenvalue weighted by atomic mass is 35.5. The topological polar surface area (TPSA) is 43.4 Å². The molecule has 5 heteroatoms. The molecule has 0 spiro atoms. The van der Waals surface area contributed by atoms with E-state index in [1.165, 1.54) is 12.1 Å². The summed E-state index contributed by atoms with van der Waals surface area (Å²) in [6.45, 7) is 3.84. The SMILES string of the molecule is CCc1cc(OS(=O)(=O)c2ccc(C)cc2)ccc1Cl. The molecule has 0 radical (unpaired) electrons. The van der Waals surface area contributed by atoms with Crippen LogP contribution >= 0.6 is 11.6 Å². The average Bonchev–Trinajstić information content (AvgIpc) is 2.41. The van der Waals surface area contributed by atoms with Crippen LogP contribution in [0, 0.1) is 6.92 Å². The number of halogens is 1. The smallest absolute Gasteiger partial charge is 0.339 e. The maximum Gasteiger partial charge on any atom is 0.339 e. The second-order valence-electron chi connectivity index (χ2n) is 4.46. The minimum absolute atomic E-state index is 0.135. The van der Waals surface area contributed by atoms with Gasteiger partial charge in [0.05, 0.1) is 0 Å².